The van der Waals surface area contributed by atoms with Crippen LogP contribution < -0.4 is 11.1 Å². The topological polar surface area (TPSA) is 38.0 Å². The largest absolute Gasteiger partial charge is 0.389 e. The molecule has 104 valence electrons. The molecule has 0 heterocycles. The third kappa shape index (κ3) is 4.08. The van der Waals surface area contributed by atoms with Crippen LogP contribution in [0.1, 0.15) is 44.6 Å². The van der Waals surface area contributed by atoms with Gasteiger partial charge >= 0.3 is 0 Å². The minimum atomic E-state index is 0.347. The molecule has 1 saturated carbocycles. The maximum absolute atomic E-state index is 6.19. The summed E-state index contributed by atoms with van der Waals surface area (Å²) < 4.78 is 0. The number of nitrogens with one attached hydrogen (secondary N) is 1. The average Bonchev–Trinajstić information content (AvgIpc) is 2.54. The Bertz CT molecular complexity index is 461. The summed E-state index contributed by atoms with van der Waals surface area (Å²) in [5, 5.41) is 4.20. The van der Waals surface area contributed by atoms with Crippen LogP contribution in [0.15, 0.2) is 18.2 Å². The van der Waals surface area contributed by atoms with E-state index in [2.05, 4.69) is 12.2 Å². The first-order chi connectivity index (χ1) is 9.06. The highest BCUT2D eigenvalue weighted by Crippen LogP contribution is 2.27. The standard InChI is InChI=1S/C15H21ClN2S/c1-10-3-2-4-11(6-5-10)18-12-7-8-13(15(17)19)14(16)9-12/h7-11,18H,2-6H2,1H3,(H2,17,19). The number of halogens is 1. The van der Waals surface area contributed by atoms with Gasteiger partial charge in [-0.3, -0.25) is 0 Å². The molecule has 1 aliphatic carbocycles. The van der Waals surface area contributed by atoms with Crippen LogP contribution in [0.2, 0.25) is 5.02 Å². The molecule has 0 bridgehead atoms. The van der Waals surface area contributed by atoms with E-state index >= 15 is 0 Å². The normalized spacial score (nSPS) is 23.7. The second kappa shape index (κ2) is 6.58. The van der Waals surface area contributed by atoms with Crippen LogP contribution in [0.5, 0.6) is 0 Å². The molecule has 1 aromatic carbocycles. The lowest BCUT2D eigenvalue weighted by Crippen LogP contribution is -2.18. The number of hydrogen-bond donors (Lipinski definition) is 2. The first kappa shape index (κ1) is 14.6. The summed E-state index contributed by atoms with van der Waals surface area (Å²) in [6.45, 7) is 2.34. The lowest BCUT2D eigenvalue weighted by molar-refractivity contribution is 0.502. The molecule has 19 heavy (non-hydrogen) atoms. The van der Waals surface area contributed by atoms with Gasteiger partial charge in [-0.25, -0.2) is 0 Å². The lowest BCUT2D eigenvalue weighted by Gasteiger charge is -2.18. The van der Waals surface area contributed by atoms with Crippen LogP contribution in [-0.2, 0) is 0 Å². The number of thiocarbonyl (C=S) groups is 1. The van der Waals surface area contributed by atoms with Crippen LogP contribution in [-0.4, -0.2) is 11.0 Å². The number of benzene rings is 1. The maximum atomic E-state index is 6.19. The first-order valence-corrected chi connectivity index (χ1v) is 7.71. The van der Waals surface area contributed by atoms with Crippen LogP contribution in [0.4, 0.5) is 5.69 Å². The van der Waals surface area contributed by atoms with Gasteiger partial charge in [0, 0.05) is 17.3 Å². The van der Waals surface area contributed by atoms with Crippen molar-refractivity contribution in [3.63, 3.8) is 0 Å². The zero-order valence-electron chi connectivity index (χ0n) is 11.3. The second-order valence-corrected chi connectivity index (χ2v) is 6.36. The molecule has 0 aliphatic heterocycles. The quantitative estimate of drug-likeness (QED) is 0.643. The summed E-state index contributed by atoms with van der Waals surface area (Å²) in [6, 6.07) is 6.38. The van der Waals surface area contributed by atoms with Crippen molar-refractivity contribution in [2.24, 2.45) is 11.7 Å². The highest BCUT2D eigenvalue weighted by Gasteiger charge is 2.16. The smallest absolute Gasteiger partial charge is 0.105 e. The van der Waals surface area contributed by atoms with E-state index in [1.54, 1.807) is 0 Å². The molecule has 0 amide bonds. The fraction of sp³-hybridized carbons (Fsp3) is 0.533. The molecule has 2 nitrogen and oxygen atoms in total. The molecule has 2 rings (SSSR count). The van der Waals surface area contributed by atoms with Crippen LogP contribution >= 0.6 is 23.8 Å². The Morgan fingerprint density at radius 3 is 2.79 bits per heavy atom. The SMILES string of the molecule is CC1CCCC(Nc2ccc(C(N)=S)c(Cl)c2)CC1. The van der Waals surface area contributed by atoms with Crippen LogP contribution in [0.25, 0.3) is 0 Å². The summed E-state index contributed by atoms with van der Waals surface area (Å²) in [4.78, 5) is 0.347. The Hall–Kier alpha value is -0.800. The van der Waals surface area contributed by atoms with E-state index < -0.39 is 0 Å². The Kier molecular flexibility index (Phi) is 5.06. The summed E-state index contributed by atoms with van der Waals surface area (Å²) in [5.41, 5.74) is 7.42. The molecular formula is C15H21ClN2S. The van der Waals surface area contributed by atoms with Gasteiger partial charge in [0.25, 0.3) is 0 Å². The summed E-state index contributed by atoms with van der Waals surface area (Å²) in [7, 11) is 0. The summed E-state index contributed by atoms with van der Waals surface area (Å²) in [5.74, 6) is 0.854. The molecule has 0 spiro atoms. The number of rotatable bonds is 3. The molecule has 2 atom stereocenters. The van der Waals surface area contributed by atoms with Gasteiger partial charge in [0.05, 0.1) is 5.02 Å². The predicted octanol–water partition coefficient (Wildman–Crippen LogP) is 4.35. The molecule has 3 N–H and O–H groups in total. The van der Waals surface area contributed by atoms with E-state index in [9.17, 15) is 0 Å². The number of hydrogen-bond acceptors (Lipinski definition) is 2. The van der Waals surface area contributed by atoms with Crippen LogP contribution in [0, 0.1) is 5.92 Å². The third-order valence-corrected chi connectivity index (χ3v) is 4.40. The maximum Gasteiger partial charge on any atom is 0.105 e. The Labute approximate surface area is 125 Å². The summed E-state index contributed by atoms with van der Waals surface area (Å²) in [6.07, 6.45) is 6.42. The fourth-order valence-electron chi connectivity index (χ4n) is 2.67. The molecular weight excluding hydrogens is 276 g/mol. The third-order valence-electron chi connectivity index (χ3n) is 3.86. The molecule has 4 heteroatoms. The van der Waals surface area contributed by atoms with Crippen molar-refractivity contribution in [2.45, 2.75) is 45.1 Å². The second-order valence-electron chi connectivity index (χ2n) is 5.51. The van der Waals surface area contributed by atoms with Gasteiger partial charge in [0.2, 0.25) is 0 Å². The van der Waals surface area contributed by atoms with E-state index in [0.29, 0.717) is 16.1 Å². The Balaban J connectivity index is 2.03. The number of anilines is 1. The fourth-order valence-corrected chi connectivity index (χ4v) is 3.19. The monoisotopic (exact) mass is 296 g/mol. The average molecular weight is 297 g/mol. The molecule has 1 aromatic rings. The molecule has 1 fully saturated rings. The van der Waals surface area contributed by atoms with Gasteiger partial charge in [0.15, 0.2) is 0 Å². The minimum Gasteiger partial charge on any atom is -0.389 e. The molecule has 0 aromatic heterocycles. The van der Waals surface area contributed by atoms with Gasteiger partial charge in [-0.05, 0) is 43.4 Å². The van der Waals surface area contributed by atoms with Crippen molar-refractivity contribution < 1.29 is 0 Å². The van der Waals surface area contributed by atoms with E-state index in [0.717, 1.165) is 17.2 Å². The zero-order chi connectivity index (χ0) is 13.8. The summed E-state index contributed by atoms with van der Waals surface area (Å²) >= 11 is 11.1. The Morgan fingerprint density at radius 1 is 1.32 bits per heavy atom. The number of nitrogens with two attached hydrogens (primary N) is 1. The van der Waals surface area contributed by atoms with Gasteiger partial charge in [-0.2, -0.15) is 0 Å². The van der Waals surface area contributed by atoms with E-state index in [-0.39, 0.29) is 0 Å². The van der Waals surface area contributed by atoms with Crippen molar-refractivity contribution in [2.75, 3.05) is 5.32 Å². The van der Waals surface area contributed by atoms with Crippen molar-refractivity contribution in [1.29, 1.82) is 0 Å². The minimum absolute atomic E-state index is 0.347. The highest BCUT2D eigenvalue weighted by atomic mass is 35.5. The lowest BCUT2D eigenvalue weighted by atomic mass is 10.0. The van der Waals surface area contributed by atoms with Gasteiger partial charge in [0.1, 0.15) is 4.99 Å². The molecule has 0 radical (unpaired) electrons. The zero-order valence-corrected chi connectivity index (χ0v) is 12.9. The van der Waals surface area contributed by atoms with Crippen LogP contribution in [0.3, 0.4) is 0 Å². The van der Waals surface area contributed by atoms with Crippen molar-refractivity contribution >= 4 is 34.5 Å². The van der Waals surface area contributed by atoms with E-state index in [1.807, 2.05) is 18.2 Å². The van der Waals surface area contributed by atoms with Gasteiger partial charge < -0.3 is 11.1 Å². The van der Waals surface area contributed by atoms with Crippen molar-refractivity contribution in [3.8, 4) is 0 Å². The molecule has 0 saturated heterocycles. The Morgan fingerprint density at radius 2 is 2.11 bits per heavy atom. The molecule has 2 unspecified atom stereocenters. The first-order valence-electron chi connectivity index (χ1n) is 6.92. The predicted molar refractivity (Wildman–Crippen MR) is 87.0 cm³/mol. The van der Waals surface area contributed by atoms with Crippen molar-refractivity contribution in [3.05, 3.63) is 28.8 Å². The van der Waals surface area contributed by atoms with E-state index in [4.69, 9.17) is 29.6 Å². The van der Waals surface area contributed by atoms with Gasteiger partial charge in [-0.1, -0.05) is 43.6 Å². The highest BCUT2D eigenvalue weighted by molar-refractivity contribution is 7.80. The van der Waals surface area contributed by atoms with E-state index in [1.165, 1.54) is 32.1 Å². The van der Waals surface area contributed by atoms with Crippen molar-refractivity contribution in [1.82, 2.24) is 0 Å². The molecule has 1 aliphatic rings. The van der Waals surface area contributed by atoms with Gasteiger partial charge in [-0.15, -0.1) is 0 Å².